The Morgan fingerprint density at radius 3 is 2.39 bits per heavy atom. The van der Waals surface area contributed by atoms with E-state index in [4.69, 9.17) is 4.74 Å². The molecule has 1 aromatic carbocycles. The molecular formula is C14H18BF4N3O. The summed E-state index contributed by atoms with van der Waals surface area (Å²) in [6.07, 6.45) is 2.08. The summed E-state index contributed by atoms with van der Waals surface area (Å²) in [6, 6.07) is 10.6. The summed E-state index contributed by atoms with van der Waals surface area (Å²) < 4.78 is 48.8. The van der Waals surface area contributed by atoms with Crippen molar-refractivity contribution in [3.63, 3.8) is 0 Å². The van der Waals surface area contributed by atoms with Gasteiger partial charge in [0.15, 0.2) is 0 Å². The Labute approximate surface area is 131 Å². The molecule has 2 heterocycles. The predicted molar refractivity (Wildman–Crippen MR) is 77.5 cm³/mol. The Morgan fingerprint density at radius 2 is 1.83 bits per heavy atom. The molecule has 126 valence electrons. The van der Waals surface area contributed by atoms with E-state index < -0.39 is 7.25 Å². The highest BCUT2D eigenvalue weighted by atomic mass is 19.5. The van der Waals surface area contributed by atoms with Gasteiger partial charge >= 0.3 is 13.1 Å². The summed E-state index contributed by atoms with van der Waals surface area (Å²) in [4.78, 5) is 0. The maximum Gasteiger partial charge on any atom is 0.673 e. The zero-order valence-electron chi connectivity index (χ0n) is 12.9. The van der Waals surface area contributed by atoms with Crippen LogP contribution < -0.4 is 4.57 Å². The number of hydrogen-bond donors (Lipinski definition) is 0. The first kappa shape index (κ1) is 17.5. The molecule has 0 N–H and O–H groups in total. The quantitative estimate of drug-likeness (QED) is 0.481. The monoisotopic (exact) mass is 331 g/mol. The van der Waals surface area contributed by atoms with Crippen molar-refractivity contribution in [3.05, 3.63) is 42.5 Å². The fourth-order valence-electron chi connectivity index (χ4n) is 2.34. The summed E-state index contributed by atoms with van der Waals surface area (Å²) in [5.41, 5.74) is 1.09. The zero-order valence-corrected chi connectivity index (χ0v) is 12.9. The van der Waals surface area contributed by atoms with Crippen molar-refractivity contribution in [3.8, 4) is 5.69 Å². The van der Waals surface area contributed by atoms with Crippen LogP contribution in [0.25, 0.3) is 5.69 Å². The van der Waals surface area contributed by atoms with Crippen LogP contribution >= 0.6 is 0 Å². The largest absolute Gasteiger partial charge is 0.673 e. The summed E-state index contributed by atoms with van der Waals surface area (Å²) >= 11 is 0. The van der Waals surface area contributed by atoms with Gasteiger partial charge in [0.1, 0.15) is 18.3 Å². The number of aromatic nitrogens is 3. The number of nitrogens with zero attached hydrogens (tertiary/aromatic N) is 3. The molecule has 2 aromatic rings. The molecular weight excluding hydrogens is 313 g/mol. The molecule has 23 heavy (non-hydrogen) atoms. The van der Waals surface area contributed by atoms with Crippen LogP contribution in [-0.4, -0.2) is 23.6 Å². The van der Waals surface area contributed by atoms with Crippen molar-refractivity contribution in [1.29, 1.82) is 0 Å². The van der Waals surface area contributed by atoms with Gasteiger partial charge in [0.25, 0.3) is 0 Å². The van der Waals surface area contributed by atoms with Crippen LogP contribution in [0.5, 0.6) is 0 Å². The molecule has 4 nitrogen and oxygen atoms in total. The van der Waals surface area contributed by atoms with Crippen LogP contribution in [0.1, 0.15) is 25.7 Å². The van der Waals surface area contributed by atoms with Gasteiger partial charge < -0.3 is 22.0 Å². The van der Waals surface area contributed by atoms with Crippen molar-refractivity contribution >= 4 is 7.25 Å². The van der Waals surface area contributed by atoms with Crippen molar-refractivity contribution in [2.24, 2.45) is 5.92 Å². The maximum atomic E-state index is 9.75. The Hall–Kier alpha value is -1.90. The molecule has 0 spiro atoms. The van der Waals surface area contributed by atoms with Gasteiger partial charge in [-0.3, -0.25) is 0 Å². The second kappa shape index (κ2) is 7.12. The van der Waals surface area contributed by atoms with Gasteiger partial charge in [-0.05, 0) is 18.1 Å². The van der Waals surface area contributed by atoms with Gasteiger partial charge in [-0.25, -0.2) is 4.57 Å². The van der Waals surface area contributed by atoms with E-state index in [9.17, 15) is 17.3 Å². The third-order valence-corrected chi connectivity index (χ3v) is 3.42. The number of fused-ring (bicyclic) bond motifs is 1. The smallest absolute Gasteiger partial charge is 0.418 e. The van der Waals surface area contributed by atoms with Crippen LogP contribution in [0, 0.1) is 5.92 Å². The molecule has 0 fully saturated rings. The van der Waals surface area contributed by atoms with Crippen molar-refractivity contribution in [2.75, 3.05) is 6.61 Å². The topological polar surface area (TPSA) is 30.9 Å². The number of hydrogen-bond acceptors (Lipinski definition) is 2. The van der Waals surface area contributed by atoms with E-state index in [1.54, 1.807) is 0 Å². The van der Waals surface area contributed by atoms with Crippen LogP contribution in [-0.2, 0) is 11.3 Å². The lowest BCUT2D eigenvalue weighted by atomic mass is 10.0. The van der Waals surface area contributed by atoms with E-state index in [1.807, 2.05) is 22.9 Å². The molecule has 1 aliphatic rings. The number of ether oxygens (including phenoxy) is 1. The lowest BCUT2D eigenvalue weighted by Gasteiger charge is -2.22. The van der Waals surface area contributed by atoms with Gasteiger partial charge in [-0.2, -0.15) is 0 Å². The Balaban J connectivity index is 0.000000338. The third-order valence-electron chi connectivity index (χ3n) is 3.42. The average Bonchev–Trinajstić information content (AvgIpc) is 2.90. The Kier molecular flexibility index (Phi) is 5.40. The number of halogens is 4. The molecule has 0 radical (unpaired) electrons. The van der Waals surface area contributed by atoms with Crippen molar-refractivity contribution < 1.29 is 26.6 Å². The molecule has 0 saturated heterocycles. The number of para-hydroxylation sites is 1. The van der Waals surface area contributed by atoms with Gasteiger partial charge in [0.05, 0.1) is 6.61 Å². The first-order valence-corrected chi connectivity index (χ1v) is 7.26. The number of rotatable bonds is 2. The first-order chi connectivity index (χ1) is 10.8. The van der Waals surface area contributed by atoms with E-state index >= 15 is 0 Å². The molecule has 0 saturated carbocycles. The van der Waals surface area contributed by atoms with Gasteiger partial charge in [-0.1, -0.05) is 36.7 Å². The fraction of sp³-hybridized carbons (Fsp3) is 0.429. The Bertz CT molecular complexity index is 625. The molecule has 1 aliphatic heterocycles. The minimum atomic E-state index is -6.00. The van der Waals surface area contributed by atoms with Gasteiger partial charge in [0, 0.05) is 5.10 Å². The molecule has 0 bridgehead atoms. The van der Waals surface area contributed by atoms with E-state index in [1.165, 1.54) is 0 Å². The summed E-state index contributed by atoms with van der Waals surface area (Å²) in [6.45, 7) is 5.81. The van der Waals surface area contributed by atoms with Crippen LogP contribution in [0.4, 0.5) is 17.3 Å². The molecule has 9 heteroatoms. The molecule has 0 aliphatic carbocycles. The van der Waals surface area contributed by atoms with E-state index in [-0.39, 0.29) is 0 Å². The highest BCUT2D eigenvalue weighted by Crippen LogP contribution is 2.17. The maximum absolute atomic E-state index is 9.75. The predicted octanol–water partition coefficient (Wildman–Crippen LogP) is 3.19. The van der Waals surface area contributed by atoms with Crippen molar-refractivity contribution in [2.45, 2.75) is 26.5 Å². The van der Waals surface area contributed by atoms with Crippen LogP contribution in [0.2, 0.25) is 0 Å². The van der Waals surface area contributed by atoms with E-state index in [0.29, 0.717) is 18.6 Å². The van der Waals surface area contributed by atoms with Crippen LogP contribution in [0.15, 0.2) is 36.7 Å². The fourth-order valence-corrected chi connectivity index (χ4v) is 2.34. The van der Waals surface area contributed by atoms with E-state index in [2.05, 4.69) is 42.0 Å². The summed E-state index contributed by atoms with van der Waals surface area (Å²) in [5.74, 6) is 1.55. The third kappa shape index (κ3) is 5.06. The molecule has 1 unspecified atom stereocenters. The minimum absolute atomic E-state index is 0.381. The second-order valence-corrected chi connectivity index (χ2v) is 5.54. The molecule has 1 atom stereocenters. The zero-order chi connectivity index (χ0) is 17.0. The van der Waals surface area contributed by atoms with Gasteiger partial charge in [0.2, 0.25) is 6.33 Å². The molecule has 0 amide bonds. The summed E-state index contributed by atoms with van der Waals surface area (Å²) in [5, 5.41) is 4.61. The summed E-state index contributed by atoms with van der Waals surface area (Å²) in [7, 11) is -6.00. The average molecular weight is 331 g/mol. The number of benzene rings is 1. The van der Waals surface area contributed by atoms with E-state index in [0.717, 1.165) is 18.1 Å². The van der Waals surface area contributed by atoms with Crippen LogP contribution in [0.3, 0.4) is 0 Å². The highest BCUT2D eigenvalue weighted by Gasteiger charge is 2.31. The Morgan fingerprint density at radius 1 is 1.22 bits per heavy atom. The first-order valence-electron chi connectivity index (χ1n) is 7.26. The van der Waals surface area contributed by atoms with Crippen molar-refractivity contribution in [1.82, 2.24) is 9.78 Å². The lowest BCUT2D eigenvalue weighted by molar-refractivity contribution is -0.749. The second-order valence-electron chi connectivity index (χ2n) is 5.54. The lowest BCUT2D eigenvalue weighted by Crippen LogP contribution is -2.49. The SMILES string of the molecule is CC(C)C1COCc2nn(-c3ccccc3)c[n+]21.F[B-](F)(F)F. The highest BCUT2D eigenvalue weighted by molar-refractivity contribution is 6.50. The van der Waals surface area contributed by atoms with Gasteiger partial charge in [-0.15, -0.1) is 0 Å². The molecule has 3 rings (SSSR count). The minimum Gasteiger partial charge on any atom is -0.418 e. The normalized spacial score (nSPS) is 17.4. The standard InChI is InChI=1S/C14H18N3O.BF4/c1-11(2)13-8-18-9-14-15-17(10-16(13)14)12-6-4-3-5-7-12;2-1(3,4)5/h3-7,10-11,13H,8-9H2,1-2H3;/q+1;-1. The molecule has 1 aromatic heterocycles.